The van der Waals surface area contributed by atoms with Gasteiger partial charge in [0.1, 0.15) is 5.75 Å². The number of aromatic nitrogens is 2. The van der Waals surface area contributed by atoms with Crippen LogP contribution in [0.2, 0.25) is 0 Å². The third-order valence-electron chi connectivity index (χ3n) is 2.88. The maximum atomic E-state index is 5.29. The van der Waals surface area contributed by atoms with Gasteiger partial charge >= 0.3 is 0 Å². The van der Waals surface area contributed by atoms with Gasteiger partial charge in [-0.05, 0) is 47.2 Å². The molecule has 0 aliphatic carbocycles. The molecule has 0 fully saturated rings. The number of halogens is 1. The molecular weight excluding hydrogens is 352 g/mol. The van der Waals surface area contributed by atoms with E-state index in [2.05, 4.69) is 31.7 Å². The van der Waals surface area contributed by atoms with Crippen molar-refractivity contribution in [1.29, 1.82) is 0 Å². The summed E-state index contributed by atoms with van der Waals surface area (Å²) in [5.41, 5.74) is 1.75. The maximum Gasteiger partial charge on any atom is 0.171 e. The molecule has 0 radical (unpaired) electrons. The fraction of sp³-hybridized carbons (Fsp3) is 0.286. The number of benzene rings is 1. The van der Waals surface area contributed by atoms with Crippen LogP contribution in [0.15, 0.2) is 34.9 Å². The van der Waals surface area contributed by atoms with Gasteiger partial charge in [0, 0.05) is 12.7 Å². The Kier molecular flexibility index (Phi) is 5.58. The van der Waals surface area contributed by atoms with Crippen molar-refractivity contribution in [3.63, 3.8) is 0 Å². The van der Waals surface area contributed by atoms with Crippen LogP contribution in [0.4, 0.5) is 5.69 Å². The van der Waals surface area contributed by atoms with E-state index in [0.29, 0.717) is 11.7 Å². The molecule has 2 aromatic rings. The van der Waals surface area contributed by atoms with Crippen LogP contribution in [0.3, 0.4) is 0 Å². The molecule has 1 aromatic carbocycles. The summed E-state index contributed by atoms with van der Waals surface area (Å²) in [5.74, 6) is 0.748. The van der Waals surface area contributed by atoms with Crippen molar-refractivity contribution in [3.8, 4) is 5.75 Å². The second kappa shape index (κ2) is 7.42. The Hall–Kier alpha value is -1.60. The van der Waals surface area contributed by atoms with Crippen LogP contribution >= 0.6 is 28.1 Å². The van der Waals surface area contributed by atoms with Gasteiger partial charge in [-0.1, -0.05) is 12.1 Å². The summed E-state index contributed by atoms with van der Waals surface area (Å²) in [5, 5.41) is 11.2. The predicted octanol–water partition coefficient (Wildman–Crippen LogP) is 3.16. The van der Waals surface area contributed by atoms with E-state index in [9.17, 15) is 0 Å². The first-order chi connectivity index (χ1) is 10.1. The Labute approximate surface area is 137 Å². The molecule has 1 heterocycles. The van der Waals surface area contributed by atoms with Crippen molar-refractivity contribution < 1.29 is 4.74 Å². The topological polar surface area (TPSA) is 51.1 Å². The SMILES string of the molecule is CCn1cc(Br)c(CNC(=S)Nc2ccccc2OC)n1. The summed E-state index contributed by atoms with van der Waals surface area (Å²) in [6.45, 7) is 3.43. The number of thiocarbonyl (C=S) groups is 1. The molecule has 112 valence electrons. The Morgan fingerprint density at radius 1 is 1.43 bits per heavy atom. The molecule has 0 atom stereocenters. The second-order valence-electron chi connectivity index (χ2n) is 4.29. The number of anilines is 1. The lowest BCUT2D eigenvalue weighted by Gasteiger charge is -2.12. The fourth-order valence-corrected chi connectivity index (χ4v) is 2.44. The maximum absolute atomic E-state index is 5.29. The summed E-state index contributed by atoms with van der Waals surface area (Å²) >= 11 is 8.78. The van der Waals surface area contributed by atoms with Crippen LogP contribution in [-0.4, -0.2) is 22.0 Å². The lowest BCUT2D eigenvalue weighted by Crippen LogP contribution is -2.28. The van der Waals surface area contributed by atoms with Crippen molar-refractivity contribution in [2.75, 3.05) is 12.4 Å². The minimum Gasteiger partial charge on any atom is -0.495 e. The molecular formula is C14H17BrN4OS. The average molecular weight is 369 g/mol. The first-order valence-electron chi connectivity index (χ1n) is 6.53. The van der Waals surface area contributed by atoms with Gasteiger partial charge in [0.05, 0.1) is 29.5 Å². The lowest BCUT2D eigenvalue weighted by atomic mass is 10.3. The standard InChI is InChI=1S/C14H17BrN4OS/c1-3-19-9-10(15)12(18-19)8-16-14(21)17-11-6-4-5-7-13(11)20-2/h4-7,9H,3,8H2,1-2H3,(H2,16,17,21). The van der Waals surface area contributed by atoms with Crippen LogP contribution in [0.25, 0.3) is 0 Å². The lowest BCUT2D eigenvalue weighted by molar-refractivity contribution is 0.417. The Bertz CT molecular complexity index is 629. The third-order valence-corrected chi connectivity index (χ3v) is 3.79. The molecule has 21 heavy (non-hydrogen) atoms. The van der Waals surface area contributed by atoms with E-state index < -0.39 is 0 Å². The molecule has 0 aliphatic rings. The smallest absolute Gasteiger partial charge is 0.171 e. The zero-order valence-corrected chi connectivity index (χ0v) is 14.3. The number of aryl methyl sites for hydroxylation is 1. The average Bonchev–Trinajstić information content (AvgIpc) is 2.86. The molecule has 0 spiro atoms. The highest BCUT2D eigenvalue weighted by atomic mass is 79.9. The summed E-state index contributed by atoms with van der Waals surface area (Å²) in [4.78, 5) is 0. The summed E-state index contributed by atoms with van der Waals surface area (Å²) in [6.07, 6.45) is 1.95. The van der Waals surface area contributed by atoms with Gasteiger partial charge < -0.3 is 15.4 Å². The molecule has 0 saturated heterocycles. The van der Waals surface area contributed by atoms with E-state index in [1.807, 2.05) is 42.1 Å². The number of ether oxygens (including phenoxy) is 1. The summed E-state index contributed by atoms with van der Waals surface area (Å²) in [7, 11) is 1.63. The number of nitrogens with zero attached hydrogens (tertiary/aromatic N) is 2. The van der Waals surface area contributed by atoms with E-state index in [1.165, 1.54) is 0 Å². The molecule has 7 heteroatoms. The van der Waals surface area contributed by atoms with E-state index in [-0.39, 0.29) is 0 Å². The van der Waals surface area contributed by atoms with E-state index in [4.69, 9.17) is 17.0 Å². The zero-order valence-electron chi connectivity index (χ0n) is 11.9. The normalized spacial score (nSPS) is 10.2. The highest BCUT2D eigenvalue weighted by Gasteiger charge is 2.07. The van der Waals surface area contributed by atoms with Crippen molar-refractivity contribution in [1.82, 2.24) is 15.1 Å². The molecule has 5 nitrogen and oxygen atoms in total. The number of methoxy groups -OCH3 is 1. The highest BCUT2D eigenvalue weighted by Crippen LogP contribution is 2.22. The van der Waals surface area contributed by atoms with Crippen molar-refractivity contribution >= 4 is 38.9 Å². The second-order valence-corrected chi connectivity index (χ2v) is 5.55. The summed E-state index contributed by atoms with van der Waals surface area (Å²) in [6, 6.07) is 7.63. The van der Waals surface area contributed by atoms with Crippen molar-refractivity contribution in [2.45, 2.75) is 20.0 Å². The molecule has 2 N–H and O–H groups in total. The molecule has 0 saturated carbocycles. The van der Waals surface area contributed by atoms with Gasteiger partial charge in [0.25, 0.3) is 0 Å². The first kappa shape index (κ1) is 15.8. The molecule has 0 amide bonds. The van der Waals surface area contributed by atoms with Crippen molar-refractivity contribution in [2.24, 2.45) is 0 Å². The van der Waals surface area contributed by atoms with Crippen LogP contribution in [0, 0.1) is 0 Å². The number of nitrogens with one attached hydrogen (secondary N) is 2. The van der Waals surface area contributed by atoms with E-state index in [1.54, 1.807) is 7.11 Å². The Balaban J connectivity index is 1.94. The van der Waals surface area contributed by atoms with Crippen molar-refractivity contribution in [3.05, 3.63) is 40.6 Å². The third kappa shape index (κ3) is 4.18. The number of hydrogen-bond acceptors (Lipinski definition) is 3. The van der Waals surface area contributed by atoms with Gasteiger partial charge in [0.15, 0.2) is 5.11 Å². The van der Waals surface area contributed by atoms with Crippen LogP contribution in [0.1, 0.15) is 12.6 Å². The predicted molar refractivity (Wildman–Crippen MR) is 91.7 cm³/mol. The molecule has 2 rings (SSSR count). The number of rotatable bonds is 5. The molecule has 1 aromatic heterocycles. The fourth-order valence-electron chi connectivity index (χ4n) is 1.80. The van der Waals surface area contributed by atoms with Crippen LogP contribution in [0.5, 0.6) is 5.75 Å². The molecule has 0 bridgehead atoms. The monoisotopic (exact) mass is 368 g/mol. The number of para-hydroxylation sites is 2. The quantitative estimate of drug-likeness (QED) is 0.793. The van der Waals surface area contributed by atoms with Crippen LogP contribution < -0.4 is 15.4 Å². The number of hydrogen-bond donors (Lipinski definition) is 2. The highest BCUT2D eigenvalue weighted by molar-refractivity contribution is 9.10. The van der Waals surface area contributed by atoms with Gasteiger partial charge in [-0.2, -0.15) is 5.10 Å². The zero-order chi connectivity index (χ0) is 15.2. The summed E-state index contributed by atoms with van der Waals surface area (Å²) < 4.78 is 8.12. The Morgan fingerprint density at radius 3 is 2.86 bits per heavy atom. The van der Waals surface area contributed by atoms with Gasteiger partial charge in [0.2, 0.25) is 0 Å². The minimum absolute atomic E-state index is 0.525. The van der Waals surface area contributed by atoms with Gasteiger partial charge in [-0.25, -0.2) is 0 Å². The van der Waals surface area contributed by atoms with E-state index in [0.717, 1.165) is 28.1 Å². The van der Waals surface area contributed by atoms with E-state index >= 15 is 0 Å². The minimum atomic E-state index is 0.525. The molecule has 0 aliphatic heterocycles. The first-order valence-corrected chi connectivity index (χ1v) is 7.73. The van der Waals surface area contributed by atoms with Crippen LogP contribution in [-0.2, 0) is 13.1 Å². The van der Waals surface area contributed by atoms with Gasteiger partial charge in [-0.3, -0.25) is 4.68 Å². The largest absolute Gasteiger partial charge is 0.495 e. The van der Waals surface area contributed by atoms with Gasteiger partial charge in [-0.15, -0.1) is 0 Å². The molecule has 0 unspecified atom stereocenters. The Morgan fingerprint density at radius 2 is 2.19 bits per heavy atom.